The second-order valence-electron chi connectivity index (χ2n) is 4.88. The van der Waals surface area contributed by atoms with E-state index in [1.54, 1.807) is 7.11 Å². The van der Waals surface area contributed by atoms with Gasteiger partial charge in [-0.2, -0.15) is 0 Å². The number of fused-ring (bicyclic) bond motifs is 1. The molecule has 4 nitrogen and oxygen atoms in total. The maximum atomic E-state index is 10.2. The topological polar surface area (TPSA) is 61.7 Å². The molecule has 2 aromatic rings. The summed E-state index contributed by atoms with van der Waals surface area (Å²) in [6.07, 6.45) is -1.12. The normalized spacial score (nSPS) is 14.2. The fourth-order valence-corrected chi connectivity index (χ4v) is 2.23. The number of rotatable bonds is 6. The maximum absolute atomic E-state index is 10.2. The van der Waals surface area contributed by atoms with Crippen molar-refractivity contribution in [1.82, 2.24) is 5.32 Å². The van der Waals surface area contributed by atoms with Crippen molar-refractivity contribution in [2.75, 3.05) is 20.7 Å². The SMILES string of the molecule is CNCCC(O)C(O)c1ccc2cc(OC)ccc2c1. The predicted molar refractivity (Wildman–Crippen MR) is 80.0 cm³/mol. The maximum Gasteiger partial charge on any atom is 0.119 e. The second-order valence-corrected chi connectivity index (χ2v) is 4.88. The van der Waals surface area contributed by atoms with Crippen LogP contribution in [0, 0.1) is 0 Å². The van der Waals surface area contributed by atoms with Crippen LogP contribution < -0.4 is 10.1 Å². The summed E-state index contributed by atoms with van der Waals surface area (Å²) >= 11 is 0. The van der Waals surface area contributed by atoms with Gasteiger partial charge in [-0.15, -0.1) is 0 Å². The van der Waals surface area contributed by atoms with Crippen LogP contribution in [0.1, 0.15) is 18.1 Å². The fourth-order valence-electron chi connectivity index (χ4n) is 2.23. The summed E-state index contributed by atoms with van der Waals surface area (Å²) in [6.45, 7) is 0.670. The first kappa shape index (κ1) is 14.8. The molecule has 2 unspecified atom stereocenters. The van der Waals surface area contributed by atoms with E-state index in [0.29, 0.717) is 13.0 Å². The van der Waals surface area contributed by atoms with Crippen molar-refractivity contribution in [2.24, 2.45) is 0 Å². The lowest BCUT2D eigenvalue weighted by Crippen LogP contribution is -2.23. The number of hydrogen-bond acceptors (Lipinski definition) is 4. The smallest absolute Gasteiger partial charge is 0.119 e. The molecular formula is C16H21NO3. The van der Waals surface area contributed by atoms with E-state index in [1.165, 1.54) is 0 Å². The molecule has 3 N–H and O–H groups in total. The van der Waals surface area contributed by atoms with Gasteiger partial charge in [0.1, 0.15) is 11.9 Å². The summed E-state index contributed by atoms with van der Waals surface area (Å²) in [7, 11) is 3.46. The number of aliphatic hydroxyl groups excluding tert-OH is 2. The number of ether oxygens (including phenoxy) is 1. The third-order valence-corrected chi connectivity index (χ3v) is 3.47. The lowest BCUT2D eigenvalue weighted by Gasteiger charge is -2.18. The van der Waals surface area contributed by atoms with Crippen LogP contribution in [0.2, 0.25) is 0 Å². The summed E-state index contributed by atoms with van der Waals surface area (Å²) < 4.78 is 5.19. The van der Waals surface area contributed by atoms with Crippen molar-refractivity contribution in [2.45, 2.75) is 18.6 Å². The molecule has 0 amide bonds. The van der Waals surface area contributed by atoms with Crippen LogP contribution in [0.4, 0.5) is 0 Å². The van der Waals surface area contributed by atoms with E-state index in [2.05, 4.69) is 5.32 Å². The van der Waals surface area contributed by atoms with Gasteiger partial charge in [0, 0.05) is 0 Å². The Labute approximate surface area is 119 Å². The largest absolute Gasteiger partial charge is 0.497 e. The van der Waals surface area contributed by atoms with Gasteiger partial charge in [0.25, 0.3) is 0 Å². The zero-order chi connectivity index (χ0) is 14.5. The summed E-state index contributed by atoms with van der Waals surface area (Å²) in [5.74, 6) is 0.805. The molecule has 0 aliphatic carbocycles. The van der Waals surface area contributed by atoms with Gasteiger partial charge in [-0.05, 0) is 54.5 Å². The van der Waals surface area contributed by atoms with Crippen LogP contribution in [-0.4, -0.2) is 37.0 Å². The Bertz CT molecular complexity index is 571. The molecule has 108 valence electrons. The summed E-state index contributed by atoms with van der Waals surface area (Å²) in [5, 5.41) is 25.1. The van der Waals surface area contributed by atoms with Crippen LogP contribution >= 0.6 is 0 Å². The molecule has 2 aromatic carbocycles. The highest BCUT2D eigenvalue weighted by atomic mass is 16.5. The Kier molecular flexibility index (Phi) is 4.95. The molecule has 0 heterocycles. The van der Waals surface area contributed by atoms with Crippen molar-refractivity contribution in [3.63, 3.8) is 0 Å². The zero-order valence-electron chi connectivity index (χ0n) is 11.8. The van der Waals surface area contributed by atoms with Gasteiger partial charge in [0.2, 0.25) is 0 Å². The first-order valence-corrected chi connectivity index (χ1v) is 6.74. The molecule has 0 aliphatic heterocycles. The van der Waals surface area contributed by atoms with Crippen molar-refractivity contribution in [1.29, 1.82) is 0 Å². The number of hydrogen-bond donors (Lipinski definition) is 3. The molecule has 0 radical (unpaired) electrons. The minimum atomic E-state index is -0.866. The standard InChI is InChI=1S/C16H21NO3/c1-17-8-7-15(18)16(19)13-4-3-12-10-14(20-2)6-5-11(12)9-13/h3-6,9-10,15-19H,7-8H2,1-2H3. The molecule has 0 fully saturated rings. The summed E-state index contributed by atoms with van der Waals surface area (Å²) in [5.41, 5.74) is 0.728. The lowest BCUT2D eigenvalue weighted by molar-refractivity contribution is 0.0141. The van der Waals surface area contributed by atoms with Gasteiger partial charge >= 0.3 is 0 Å². The van der Waals surface area contributed by atoms with Gasteiger partial charge < -0.3 is 20.3 Å². The Morgan fingerprint density at radius 3 is 2.50 bits per heavy atom. The van der Waals surface area contributed by atoms with Gasteiger partial charge in [0.15, 0.2) is 0 Å². The highest BCUT2D eigenvalue weighted by molar-refractivity contribution is 5.84. The number of nitrogens with one attached hydrogen (secondary N) is 1. The van der Waals surface area contributed by atoms with Gasteiger partial charge in [-0.3, -0.25) is 0 Å². The molecule has 0 aliphatic rings. The Morgan fingerprint density at radius 2 is 1.80 bits per heavy atom. The molecule has 0 aromatic heterocycles. The van der Waals surface area contributed by atoms with Crippen molar-refractivity contribution >= 4 is 10.8 Å². The number of methoxy groups -OCH3 is 1. The number of benzene rings is 2. The summed E-state index contributed by atoms with van der Waals surface area (Å²) in [6, 6.07) is 11.5. The molecule has 0 spiro atoms. The highest BCUT2D eigenvalue weighted by Crippen LogP contribution is 2.26. The van der Waals surface area contributed by atoms with Crippen LogP contribution in [0.25, 0.3) is 10.8 Å². The van der Waals surface area contributed by atoms with E-state index in [1.807, 2.05) is 43.4 Å². The molecule has 20 heavy (non-hydrogen) atoms. The Hall–Kier alpha value is -1.62. The third kappa shape index (κ3) is 3.28. The molecule has 2 rings (SSSR count). The minimum Gasteiger partial charge on any atom is -0.497 e. The van der Waals surface area contributed by atoms with Crippen molar-refractivity contribution in [3.05, 3.63) is 42.0 Å². The second kappa shape index (κ2) is 6.70. The van der Waals surface area contributed by atoms with Crippen molar-refractivity contribution in [3.8, 4) is 5.75 Å². The molecular weight excluding hydrogens is 254 g/mol. The van der Waals surface area contributed by atoms with Crippen LogP contribution in [0.5, 0.6) is 5.75 Å². The monoisotopic (exact) mass is 275 g/mol. The van der Waals surface area contributed by atoms with E-state index in [-0.39, 0.29) is 0 Å². The predicted octanol–water partition coefficient (Wildman–Crippen LogP) is 1.85. The quantitative estimate of drug-likeness (QED) is 0.753. The van der Waals surface area contributed by atoms with Crippen LogP contribution in [-0.2, 0) is 0 Å². The average molecular weight is 275 g/mol. The van der Waals surface area contributed by atoms with E-state index in [0.717, 1.165) is 22.1 Å². The molecule has 0 bridgehead atoms. The highest BCUT2D eigenvalue weighted by Gasteiger charge is 2.18. The fraction of sp³-hybridized carbons (Fsp3) is 0.375. The van der Waals surface area contributed by atoms with Crippen LogP contribution in [0.15, 0.2) is 36.4 Å². The minimum absolute atomic E-state index is 0.512. The first-order chi connectivity index (χ1) is 9.65. The molecule has 0 saturated heterocycles. The lowest BCUT2D eigenvalue weighted by atomic mass is 9.99. The van der Waals surface area contributed by atoms with Gasteiger partial charge in [0.05, 0.1) is 13.2 Å². The molecule has 2 atom stereocenters. The Balaban J connectivity index is 2.22. The van der Waals surface area contributed by atoms with E-state index in [4.69, 9.17) is 4.74 Å². The van der Waals surface area contributed by atoms with Crippen molar-refractivity contribution < 1.29 is 14.9 Å². The van der Waals surface area contributed by atoms with E-state index in [9.17, 15) is 10.2 Å². The first-order valence-electron chi connectivity index (χ1n) is 6.74. The van der Waals surface area contributed by atoms with E-state index >= 15 is 0 Å². The number of aliphatic hydroxyl groups is 2. The van der Waals surface area contributed by atoms with E-state index < -0.39 is 12.2 Å². The third-order valence-electron chi connectivity index (χ3n) is 3.47. The molecule has 4 heteroatoms. The zero-order valence-corrected chi connectivity index (χ0v) is 11.8. The average Bonchev–Trinajstić information content (AvgIpc) is 2.50. The van der Waals surface area contributed by atoms with Gasteiger partial charge in [-0.25, -0.2) is 0 Å². The van der Waals surface area contributed by atoms with Crippen LogP contribution in [0.3, 0.4) is 0 Å². The van der Waals surface area contributed by atoms with Gasteiger partial charge in [-0.1, -0.05) is 18.2 Å². The molecule has 0 saturated carbocycles. The summed E-state index contributed by atoms with van der Waals surface area (Å²) in [4.78, 5) is 0. The Morgan fingerprint density at radius 1 is 1.10 bits per heavy atom.